The quantitative estimate of drug-likeness (QED) is 0.446. The van der Waals surface area contributed by atoms with Gasteiger partial charge in [-0.15, -0.1) is 0 Å². The predicted octanol–water partition coefficient (Wildman–Crippen LogP) is 0.394. The molecule has 4 N–H and O–H groups in total. The van der Waals surface area contributed by atoms with Crippen molar-refractivity contribution in [1.29, 1.82) is 0 Å². The molecule has 0 saturated heterocycles. The summed E-state index contributed by atoms with van der Waals surface area (Å²) in [6.45, 7) is 0.407. The smallest absolute Gasteiger partial charge is 0.271 e. The molecule has 1 aromatic rings. The summed E-state index contributed by atoms with van der Waals surface area (Å²) in [6, 6.07) is 3.82. The molecule has 1 rings (SSSR count). The van der Waals surface area contributed by atoms with Crippen molar-refractivity contribution in [1.82, 2.24) is 0 Å². The van der Waals surface area contributed by atoms with Crippen LogP contribution in [0.4, 0.5) is 5.69 Å². The fourth-order valence-electron chi connectivity index (χ4n) is 1.17. The maximum atomic E-state index is 11.0. The molecule has 0 atom stereocenters. The number of primary amides is 1. The number of amides is 1. The monoisotopic (exact) mass is 233 g/mol. The van der Waals surface area contributed by atoms with E-state index in [1.807, 2.05) is 0 Å². The minimum Gasteiger partial charge on any atom is -0.366 e. The molecule has 0 aliphatic carbocycles. The summed E-state index contributed by atoms with van der Waals surface area (Å²) < 4.78 is 0. The number of carbonyl (C=O) groups is 1. The van der Waals surface area contributed by atoms with E-state index < -0.39 is 10.8 Å². The first-order chi connectivity index (χ1) is 8.04. The summed E-state index contributed by atoms with van der Waals surface area (Å²) in [5.74, 6) is 4.70. The molecule has 88 valence electrons. The van der Waals surface area contributed by atoms with Crippen LogP contribution in [0.15, 0.2) is 18.2 Å². The minimum absolute atomic E-state index is 0.0660. The van der Waals surface area contributed by atoms with Gasteiger partial charge in [0.15, 0.2) is 0 Å². The SMILES string of the molecule is NCCC#Cc1cc(C(N)=O)cc([N+](=O)[O-])c1. The summed E-state index contributed by atoms with van der Waals surface area (Å²) in [4.78, 5) is 21.0. The summed E-state index contributed by atoms with van der Waals surface area (Å²) in [5, 5.41) is 10.6. The van der Waals surface area contributed by atoms with E-state index in [2.05, 4.69) is 11.8 Å². The highest BCUT2D eigenvalue weighted by atomic mass is 16.6. The summed E-state index contributed by atoms with van der Waals surface area (Å²) in [5.41, 5.74) is 10.6. The van der Waals surface area contributed by atoms with Crippen molar-refractivity contribution in [2.75, 3.05) is 6.54 Å². The highest BCUT2D eigenvalue weighted by Gasteiger charge is 2.11. The van der Waals surface area contributed by atoms with Crippen LogP contribution in [0.3, 0.4) is 0 Å². The Balaban J connectivity index is 3.18. The van der Waals surface area contributed by atoms with Crippen molar-refractivity contribution in [3.05, 3.63) is 39.4 Å². The number of hydrogen-bond donors (Lipinski definition) is 2. The number of rotatable bonds is 3. The highest BCUT2D eigenvalue weighted by molar-refractivity contribution is 5.93. The lowest BCUT2D eigenvalue weighted by molar-refractivity contribution is -0.384. The number of nitro benzene ring substituents is 1. The van der Waals surface area contributed by atoms with Gasteiger partial charge >= 0.3 is 0 Å². The fraction of sp³-hybridized carbons (Fsp3) is 0.182. The summed E-state index contributed by atoms with van der Waals surface area (Å²) in [6.07, 6.45) is 0.481. The molecule has 6 nitrogen and oxygen atoms in total. The van der Waals surface area contributed by atoms with Crippen LogP contribution in [-0.2, 0) is 0 Å². The van der Waals surface area contributed by atoms with Crippen molar-refractivity contribution < 1.29 is 9.72 Å². The Labute approximate surface area is 97.7 Å². The van der Waals surface area contributed by atoms with Crippen LogP contribution in [0.25, 0.3) is 0 Å². The van der Waals surface area contributed by atoms with Crippen LogP contribution < -0.4 is 11.5 Å². The average molecular weight is 233 g/mol. The van der Waals surface area contributed by atoms with Gasteiger partial charge in [0.05, 0.1) is 4.92 Å². The second kappa shape index (κ2) is 5.63. The molecule has 0 saturated carbocycles. The van der Waals surface area contributed by atoms with Gasteiger partial charge in [0.25, 0.3) is 5.69 Å². The molecule has 0 fully saturated rings. The lowest BCUT2D eigenvalue weighted by Gasteiger charge is -1.98. The van der Waals surface area contributed by atoms with Crippen molar-refractivity contribution in [3.63, 3.8) is 0 Å². The Hall–Kier alpha value is -2.39. The molecule has 0 radical (unpaired) electrons. The van der Waals surface area contributed by atoms with Gasteiger partial charge in [-0.1, -0.05) is 11.8 Å². The number of nitrogens with zero attached hydrogens (tertiary/aromatic N) is 1. The van der Waals surface area contributed by atoms with Gasteiger partial charge in [-0.05, 0) is 6.07 Å². The van der Waals surface area contributed by atoms with Crippen molar-refractivity contribution in [2.45, 2.75) is 6.42 Å². The zero-order valence-electron chi connectivity index (χ0n) is 8.97. The van der Waals surface area contributed by atoms with E-state index >= 15 is 0 Å². The van der Waals surface area contributed by atoms with Crippen LogP contribution in [0, 0.1) is 22.0 Å². The first-order valence-corrected chi connectivity index (χ1v) is 4.83. The van der Waals surface area contributed by atoms with Crippen LogP contribution in [-0.4, -0.2) is 17.4 Å². The van der Waals surface area contributed by atoms with Gasteiger partial charge in [0.1, 0.15) is 0 Å². The Morgan fingerprint density at radius 1 is 1.41 bits per heavy atom. The molecule has 17 heavy (non-hydrogen) atoms. The van der Waals surface area contributed by atoms with E-state index in [1.165, 1.54) is 12.1 Å². The van der Waals surface area contributed by atoms with Crippen LogP contribution in [0.1, 0.15) is 22.3 Å². The lowest BCUT2D eigenvalue weighted by Crippen LogP contribution is -2.11. The molecule has 0 heterocycles. The third kappa shape index (κ3) is 3.59. The number of non-ortho nitro benzene ring substituents is 1. The Bertz CT molecular complexity index is 482. The largest absolute Gasteiger partial charge is 0.366 e. The number of carbonyl (C=O) groups excluding carboxylic acids is 1. The third-order valence-electron chi connectivity index (χ3n) is 1.92. The zero-order chi connectivity index (χ0) is 12.8. The lowest BCUT2D eigenvalue weighted by atomic mass is 10.1. The second-order valence-electron chi connectivity index (χ2n) is 3.23. The highest BCUT2D eigenvalue weighted by Crippen LogP contribution is 2.16. The Morgan fingerprint density at radius 2 is 2.12 bits per heavy atom. The van der Waals surface area contributed by atoms with Gasteiger partial charge in [0.2, 0.25) is 5.91 Å². The van der Waals surface area contributed by atoms with Gasteiger partial charge in [-0.3, -0.25) is 14.9 Å². The molecule has 0 aliphatic heterocycles. The van der Waals surface area contributed by atoms with E-state index in [0.29, 0.717) is 18.5 Å². The molecule has 0 spiro atoms. The van der Waals surface area contributed by atoms with Crippen molar-refractivity contribution in [2.24, 2.45) is 11.5 Å². The third-order valence-corrected chi connectivity index (χ3v) is 1.92. The van der Waals surface area contributed by atoms with E-state index in [9.17, 15) is 14.9 Å². The Morgan fingerprint density at radius 3 is 2.65 bits per heavy atom. The number of nitro groups is 1. The summed E-state index contributed by atoms with van der Waals surface area (Å²) in [7, 11) is 0. The van der Waals surface area contributed by atoms with E-state index in [4.69, 9.17) is 11.5 Å². The topological polar surface area (TPSA) is 112 Å². The van der Waals surface area contributed by atoms with Crippen LogP contribution >= 0.6 is 0 Å². The number of nitrogens with two attached hydrogens (primary N) is 2. The normalized spacial score (nSPS) is 9.24. The standard InChI is InChI=1S/C11H11N3O3/c12-4-2-1-3-8-5-9(11(13)15)7-10(6-8)14(16)17/h5-7H,2,4,12H2,(H2,13,15). The number of benzene rings is 1. The molecule has 0 unspecified atom stereocenters. The summed E-state index contributed by atoms with van der Waals surface area (Å²) >= 11 is 0. The van der Waals surface area contributed by atoms with Crippen LogP contribution in [0.2, 0.25) is 0 Å². The van der Waals surface area contributed by atoms with Crippen LogP contribution in [0.5, 0.6) is 0 Å². The molecule has 0 aliphatic rings. The average Bonchev–Trinajstić information content (AvgIpc) is 2.29. The molecule has 6 heteroatoms. The molecular weight excluding hydrogens is 222 g/mol. The first kappa shape index (κ1) is 12.7. The van der Waals surface area contributed by atoms with Gasteiger partial charge in [0, 0.05) is 36.2 Å². The number of hydrogen-bond acceptors (Lipinski definition) is 4. The minimum atomic E-state index is -0.726. The van der Waals surface area contributed by atoms with Crippen molar-refractivity contribution >= 4 is 11.6 Å². The van der Waals surface area contributed by atoms with Crippen molar-refractivity contribution in [3.8, 4) is 11.8 Å². The molecule has 0 aromatic heterocycles. The Kier molecular flexibility index (Phi) is 4.20. The van der Waals surface area contributed by atoms with Gasteiger partial charge < -0.3 is 11.5 Å². The van der Waals surface area contributed by atoms with Gasteiger partial charge in [-0.2, -0.15) is 0 Å². The maximum absolute atomic E-state index is 11.0. The second-order valence-corrected chi connectivity index (χ2v) is 3.23. The van der Waals surface area contributed by atoms with E-state index in [0.717, 1.165) is 6.07 Å². The molecular formula is C11H11N3O3. The molecule has 0 bridgehead atoms. The van der Waals surface area contributed by atoms with Gasteiger partial charge in [-0.25, -0.2) is 0 Å². The maximum Gasteiger partial charge on any atom is 0.271 e. The predicted molar refractivity (Wildman–Crippen MR) is 62.2 cm³/mol. The first-order valence-electron chi connectivity index (χ1n) is 4.83. The fourth-order valence-corrected chi connectivity index (χ4v) is 1.17. The zero-order valence-corrected chi connectivity index (χ0v) is 8.97. The van der Waals surface area contributed by atoms with E-state index in [-0.39, 0.29) is 11.3 Å². The molecule has 1 amide bonds. The van der Waals surface area contributed by atoms with E-state index in [1.54, 1.807) is 0 Å². The molecule has 1 aromatic carbocycles.